The molecule has 0 saturated heterocycles. The summed E-state index contributed by atoms with van der Waals surface area (Å²) in [6, 6.07) is 9.49. The monoisotopic (exact) mass is 235 g/mol. The van der Waals surface area contributed by atoms with E-state index in [4.69, 9.17) is 0 Å². The van der Waals surface area contributed by atoms with Crippen LogP contribution in [0.4, 0.5) is 0 Å². The zero-order chi connectivity index (χ0) is 12.7. The molecule has 0 saturated carbocycles. The number of aliphatic hydroxyl groups excluding tert-OH is 1. The summed E-state index contributed by atoms with van der Waals surface area (Å²) in [7, 11) is 0. The fraction of sp³-hybridized carbons (Fsp3) is 0.500. The Bertz CT molecular complexity index is 335. The zero-order valence-electron chi connectivity index (χ0n) is 10.5. The first kappa shape index (κ1) is 13.7. The van der Waals surface area contributed by atoms with Gasteiger partial charge < -0.3 is 10.4 Å². The third kappa shape index (κ3) is 5.50. The standard InChI is InChI=1S/C14H21NO2/c1-11(2)10-14(17)15-9-8-13(16)12-6-4-3-5-7-12/h3-7,11,13,16H,8-10H2,1-2H3,(H,15,17). The van der Waals surface area contributed by atoms with Crippen LogP contribution in [0.1, 0.15) is 38.4 Å². The van der Waals surface area contributed by atoms with Gasteiger partial charge in [-0.1, -0.05) is 44.2 Å². The van der Waals surface area contributed by atoms with E-state index in [1.807, 2.05) is 44.2 Å². The van der Waals surface area contributed by atoms with Crippen LogP contribution in [0.5, 0.6) is 0 Å². The van der Waals surface area contributed by atoms with E-state index in [0.717, 1.165) is 5.56 Å². The Hall–Kier alpha value is -1.35. The van der Waals surface area contributed by atoms with Crippen LogP contribution >= 0.6 is 0 Å². The van der Waals surface area contributed by atoms with Crippen molar-refractivity contribution >= 4 is 5.91 Å². The van der Waals surface area contributed by atoms with Gasteiger partial charge in [-0.2, -0.15) is 0 Å². The Morgan fingerprint density at radius 1 is 1.29 bits per heavy atom. The molecule has 1 aromatic carbocycles. The van der Waals surface area contributed by atoms with E-state index in [1.54, 1.807) is 0 Å². The van der Waals surface area contributed by atoms with Crippen molar-refractivity contribution in [3.8, 4) is 0 Å². The number of hydrogen-bond acceptors (Lipinski definition) is 2. The summed E-state index contributed by atoms with van der Waals surface area (Å²) < 4.78 is 0. The Morgan fingerprint density at radius 3 is 2.53 bits per heavy atom. The highest BCUT2D eigenvalue weighted by Gasteiger charge is 2.08. The highest BCUT2D eigenvalue weighted by atomic mass is 16.3. The van der Waals surface area contributed by atoms with Crippen LogP contribution in [0, 0.1) is 5.92 Å². The molecule has 0 radical (unpaired) electrons. The average Bonchev–Trinajstić information content (AvgIpc) is 2.29. The minimum Gasteiger partial charge on any atom is -0.388 e. The third-order valence-electron chi connectivity index (χ3n) is 2.52. The predicted octanol–water partition coefficient (Wildman–Crippen LogP) is 2.27. The zero-order valence-corrected chi connectivity index (χ0v) is 10.5. The molecule has 3 nitrogen and oxygen atoms in total. The maximum absolute atomic E-state index is 11.4. The molecule has 0 spiro atoms. The minimum atomic E-state index is -0.504. The van der Waals surface area contributed by atoms with Gasteiger partial charge in [0, 0.05) is 13.0 Å². The number of carbonyl (C=O) groups excluding carboxylic acids is 1. The normalized spacial score (nSPS) is 12.5. The van der Waals surface area contributed by atoms with Crippen molar-refractivity contribution in [1.82, 2.24) is 5.32 Å². The lowest BCUT2D eigenvalue weighted by Gasteiger charge is -2.12. The van der Waals surface area contributed by atoms with Gasteiger partial charge in [-0.05, 0) is 17.9 Å². The maximum Gasteiger partial charge on any atom is 0.220 e. The summed E-state index contributed by atoms with van der Waals surface area (Å²) in [5.74, 6) is 0.425. The van der Waals surface area contributed by atoms with Gasteiger partial charge in [-0.25, -0.2) is 0 Å². The fourth-order valence-electron chi connectivity index (χ4n) is 1.63. The lowest BCUT2D eigenvalue weighted by molar-refractivity contribution is -0.121. The van der Waals surface area contributed by atoms with E-state index in [-0.39, 0.29) is 5.91 Å². The first-order chi connectivity index (χ1) is 8.09. The summed E-state index contributed by atoms with van der Waals surface area (Å²) in [6.45, 7) is 4.54. The van der Waals surface area contributed by atoms with Crippen molar-refractivity contribution in [2.75, 3.05) is 6.54 Å². The van der Waals surface area contributed by atoms with Crippen molar-refractivity contribution in [1.29, 1.82) is 0 Å². The summed E-state index contributed by atoms with van der Waals surface area (Å²) in [5, 5.41) is 12.7. The number of rotatable bonds is 6. The molecule has 2 N–H and O–H groups in total. The molecule has 0 fully saturated rings. The van der Waals surface area contributed by atoms with Gasteiger partial charge in [0.25, 0.3) is 0 Å². The second-order valence-electron chi connectivity index (χ2n) is 4.66. The van der Waals surface area contributed by atoms with Gasteiger partial charge in [0.05, 0.1) is 6.10 Å². The van der Waals surface area contributed by atoms with Crippen molar-refractivity contribution in [3.63, 3.8) is 0 Å². The largest absolute Gasteiger partial charge is 0.388 e. The van der Waals surface area contributed by atoms with Crippen LogP contribution in [-0.4, -0.2) is 17.6 Å². The molecular formula is C14H21NO2. The molecule has 1 aromatic rings. The van der Waals surface area contributed by atoms with Crippen LogP contribution in [0.15, 0.2) is 30.3 Å². The predicted molar refractivity (Wildman–Crippen MR) is 68.5 cm³/mol. The average molecular weight is 235 g/mol. The van der Waals surface area contributed by atoms with E-state index in [1.165, 1.54) is 0 Å². The summed E-state index contributed by atoms with van der Waals surface area (Å²) in [6.07, 6.45) is 0.588. The molecule has 1 atom stereocenters. The number of benzene rings is 1. The number of nitrogens with one attached hydrogen (secondary N) is 1. The SMILES string of the molecule is CC(C)CC(=O)NCCC(O)c1ccccc1. The molecule has 0 aromatic heterocycles. The molecule has 0 aliphatic carbocycles. The first-order valence-corrected chi connectivity index (χ1v) is 6.09. The summed E-state index contributed by atoms with van der Waals surface area (Å²) in [5.41, 5.74) is 0.894. The molecule has 0 bridgehead atoms. The Balaban J connectivity index is 2.25. The fourth-order valence-corrected chi connectivity index (χ4v) is 1.63. The quantitative estimate of drug-likeness (QED) is 0.794. The molecular weight excluding hydrogens is 214 g/mol. The highest BCUT2D eigenvalue weighted by molar-refractivity contribution is 5.75. The van der Waals surface area contributed by atoms with Crippen molar-refractivity contribution in [2.45, 2.75) is 32.8 Å². The van der Waals surface area contributed by atoms with E-state index in [0.29, 0.717) is 25.3 Å². The topological polar surface area (TPSA) is 49.3 Å². The van der Waals surface area contributed by atoms with E-state index >= 15 is 0 Å². The number of hydrogen-bond donors (Lipinski definition) is 2. The Kier molecular flexibility index (Phi) is 5.70. The number of carbonyl (C=O) groups is 1. The first-order valence-electron chi connectivity index (χ1n) is 6.09. The van der Waals surface area contributed by atoms with Crippen LogP contribution in [0.2, 0.25) is 0 Å². The smallest absolute Gasteiger partial charge is 0.220 e. The highest BCUT2D eigenvalue weighted by Crippen LogP contribution is 2.14. The second-order valence-corrected chi connectivity index (χ2v) is 4.66. The Labute approximate surface area is 103 Å². The molecule has 1 rings (SSSR count). The van der Waals surface area contributed by atoms with E-state index < -0.39 is 6.10 Å². The van der Waals surface area contributed by atoms with Crippen LogP contribution in [0.25, 0.3) is 0 Å². The minimum absolute atomic E-state index is 0.0558. The molecule has 0 heterocycles. The van der Waals surface area contributed by atoms with E-state index in [9.17, 15) is 9.90 Å². The van der Waals surface area contributed by atoms with Crippen molar-refractivity contribution < 1.29 is 9.90 Å². The van der Waals surface area contributed by atoms with Gasteiger partial charge >= 0.3 is 0 Å². The molecule has 3 heteroatoms. The molecule has 94 valence electrons. The van der Waals surface area contributed by atoms with Gasteiger partial charge in [0.1, 0.15) is 0 Å². The lowest BCUT2D eigenvalue weighted by Crippen LogP contribution is -2.26. The third-order valence-corrected chi connectivity index (χ3v) is 2.52. The second kappa shape index (κ2) is 7.07. The molecule has 1 unspecified atom stereocenters. The van der Waals surface area contributed by atoms with Gasteiger partial charge in [-0.15, -0.1) is 0 Å². The molecule has 0 aliphatic heterocycles. The molecule has 0 aliphatic rings. The molecule has 1 amide bonds. The van der Waals surface area contributed by atoms with Crippen LogP contribution in [-0.2, 0) is 4.79 Å². The van der Waals surface area contributed by atoms with E-state index in [2.05, 4.69) is 5.32 Å². The number of amides is 1. The van der Waals surface area contributed by atoms with Gasteiger partial charge in [-0.3, -0.25) is 4.79 Å². The lowest BCUT2D eigenvalue weighted by atomic mass is 10.1. The molecule has 17 heavy (non-hydrogen) atoms. The van der Waals surface area contributed by atoms with Crippen LogP contribution < -0.4 is 5.32 Å². The van der Waals surface area contributed by atoms with Gasteiger partial charge in [0.15, 0.2) is 0 Å². The summed E-state index contributed by atoms with van der Waals surface area (Å²) in [4.78, 5) is 11.4. The van der Waals surface area contributed by atoms with Gasteiger partial charge in [0.2, 0.25) is 5.91 Å². The summed E-state index contributed by atoms with van der Waals surface area (Å²) >= 11 is 0. The van der Waals surface area contributed by atoms with Crippen LogP contribution in [0.3, 0.4) is 0 Å². The maximum atomic E-state index is 11.4. The Morgan fingerprint density at radius 2 is 1.94 bits per heavy atom. The number of aliphatic hydroxyl groups is 1. The van der Waals surface area contributed by atoms with Crippen molar-refractivity contribution in [2.24, 2.45) is 5.92 Å². The van der Waals surface area contributed by atoms with Crippen molar-refractivity contribution in [3.05, 3.63) is 35.9 Å².